The number of carbonyl (C=O) groups excluding carboxylic acids is 1. The summed E-state index contributed by atoms with van der Waals surface area (Å²) in [5.41, 5.74) is 0. The zero-order valence-electron chi connectivity index (χ0n) is 13.4. The number of nitrogens with zero attached hydrogens (tertiary/aromatic N) is 1. The number of carbonyl (C=O) groups is 1. The predicted molar refractivity (Wildman–Crippen MR) is 81.6 cm³/mol. The third-order valence-corrected chi connectivity index (χ3v) is 5.10. The van der Waals surface area contributed by atoms with E-state index in [2.05, 4.69) is 6.92 Å². The highest BCUT2D eigenvalue weighted by atomic mass is 16.5. The van der Waals surface area contributed by atoms with E-state index >= 15 is 0 Å². The van der Waals surface area contributed by atoms with Crippen molar-refractivity contribution in [3.8, 4) is 0 Å². The maximum Gasteiger partial charge on any atom is 0.251 e. The van der Waals surface area contributed by atoms with Gasteiger partial charge in [-0.25, -0.2) is 0 Å². The highest BCUT2D eigenvalue weighted by molar-refractivity contribution is 5.80. The van der Waals surface area contributed by atoms with Crippen molar-refractivity contribution in [1.82, 2.24) is 4.90 Å². The molecule has 1 amide bonds. The van der Waals surface area contributed by atoms with E-state index in [0.29, 0.717) is 6.04 Å². The molecule has 0 spiro atoms. The summed E-state index contributed by atoms with van der Waals surface area (Å²) in [6.07, 6.45) is 11.0. The molecule has 116 valence electrons. The van der Waals surface area contributed by atoms with E-state index in [-0.39, 0.29) is 18.1 Å². The number of hydrogen-bond acceptors (Lipinski definition) is 2. The minimum Gasteiger partial charge on any atom is -0.365 e. The van der Waals surface area contributed by atoms with Gasteiger partial charge in [-0.2, -0.15) is 0 Å². The molecule has 3 nitrogen and oxygen atoms in total. The maximum absolute atomic E-state index is 12.5. The monoisotopic (exact) mass is 281 g/mol. The predicted octanol–water partition coefficient (Wildman–Crippen LogP) is 3.76. The summed E-state index contributed by atoms with van der Waals surface area (Å²) in [6.45, 7) is 4.22. The van der Waals surface area contributed by atoms with Gasteiger partial charge in [-0.3, -0.25) is 4.79 Å². The normalized spacial score (nSPS) is 29.9. The van der Waals surface area contributed by atoms with Crippen molar-refractivity contribution in [2.24, 2.45) is 5.92 Å². The average Bonchev–Trinajstić information content (AvgIpc) is 2.46. The van der Waals surface area contributed by atoms with Crippen molar-refractivity contribution >= 4 is 5.91 Å². The Morgan fingerprint density at radius 1 is 1.10 bits per heavy atom. The van der Waals surface area contributed by atoms with E-state index in [1.807, 2.05) is 18.9 Å². The molecule has 0 aromatic carbocycles. The Kier molecular flexibility index (Phi) is 5.88. The van der Waals surface area contributed by atoms with Gasteiger partial charge in [-0.05, 0) is 38.5 Å². The molecule has 0 bridgehead atoms. The number of ether oxygens (including phenoxy) is 1. The molecule has 0 saturated heterocycles. The average molecular weight is 281 g/mol. The molecule has 0 aliphatic heterocycles. The summed E-state index contributed by atoms with van der Waals surface area (Å²) in [7, 11) is 1.96. The molecule has 20 heavy (non-hydrogen) atoms. The van der Waals surface area contributed by atoms with Crippen LogP contribution in [0.25, 0.3) is 0 Å². The molecule has 0 unspecified atom stereocenters. The summed E-state index contributed by atoms with van der Waals surface area (Å²) in [6, 6.07) is 0.438. The van der Waals surface area contributed by atoms with Crippen LogP contribution in [0.5, 0.6) is 0 Å². The van der Waals surface area contributed by atoms with Crippen LogP contribution < -0.4 is 0 Å². The van der Waals surface area contributed by atoms with Gasteiger partial charge in [0.2, 0.25) is 0 Å². The van der Waals surface area contributed by atoms with Gasteiger partial charge in [0.1, 0.15) is 6.10 Å². The SMILES string of the molecule is C[C@@H]1CCC[C@@H](O[C@@H](C)C(=O)N(C)C2CCCCC2)C1. The van der Waals surface area contributed by atoms with Gasteiger partial charge in [0.15, 0.2) is 0 Å². The molecular formula is C17H31NO2. The van der Waals surface area contributed by atoms with Gasteiger partial charge < -0.3 is 9.64 Å². The molecule has 0 radical (unpaired) electrons. The topological polar surface area (TPSA) is 29.5 Å². The van der Waals surface area contributed by atoms with Crippen LogP contribution >= 0.6 is 0 Å². The van der Waals surface area contributed by atoms with Gasteiger partial charge in [0.05, 0.1) is 6.10 Å². The lowest BCUT2D eigenvalue weighted by Gasteiger charge is -2.34. The Morgan fingerprint density at radius 2 is 1.80 bits per heavy atom. The van der Waals surface area contributed by atoms with Crippen LogP contribution in [0.4, 0.5) is 0 Å². The fraction of sp³-hybridized carbons (Fsp3) is 0.941. The number of likely N-dealkylation sites (N-methyl/N-ethyl adjacent to an activating group) is 1. The highest BCUT2D eigenvalue weighted by Gasteiger charge is 2.29. The molecule has 2 rings (SSSR count). The lowest BCUT2D eigenvalue weighted by molar-refractivity contribution is -0.149. The smallest absolute Gasteiger partial charge is 0.251 e. The first-order chi connectivity index (χ1) is 9.58. The van der Waals surface area contributed by atoms with Crippen molar-refractivity contribution in [3.63, 3.8) is 0 Å². The van der Waals surface area contributed by atoms with Crippen LogP contribution in [-0.4, -0.2) is 36.1 Å². The molecule has 2 aliphatic carbocycles. The number of hydrogen-bond donors (Lipinski definition) is 0. The first-order valence-electron chi connectivity index (χ1n) is 8.50. The van der Waals surface area contributed by atoms with E-state index in [0.717, 1.165) is 31.6 Å². The largest absolute Gasteiger partial charge is 0.365 e. The fourth-order valence-electron chi connectivity index (χ4n) is 3.78. The zero-order chi connectivity index (χ0) is 14.5. The molecule has 0 heterocycles. The number of amides is 1. The summed E-state index contributed by atoms with van der Waals surface area (Å²) in [4.78, 5) is 14.5. The van der Waals surface area contributed by atoms with Crippen molar-refractivity contribution in [2.45, 2.75) is 89.9 Å². The Labute approximate surface area is 124 Å². The van der Waals surface area contributed by atoms with Crippen molar-refractivity contribution in [3.05, 3.63) is 0 Å². The Hall–Kier alpha value is -0.570. The van der Waals surface area contributed by atoms with Crippen molar-refractivity contribution < 1.29 is 9.53 Å². The summed E-state index contributed by atoms with van der Waals surface area (Å²) in [5.74, 6) is 0.919. The van der Waals surface area contributed by atoms with E-state index < -0.39 is 0 Å². The van der Waals surface area contributed by atoms with Crippen LogP contribution in [0, 0.1) is 5.92 Å². The van der Waals surface area contributed by atoms with Crippen LogP contribution in [0.3, 0.4) is 0 Å². The zero-order valence-corrected chi connectivity index (χ0v) is 13.4. The fourth-order valence-corrected chi connectivity index (χ4v) is 3.78. The van der Waals surface area contributed by atoms with Gasteiger partial charge in [-0.15, -0.1) is 0 Å². The Balaban J connectivity index is 1.81. The minimum absolute atomic E-state index is 0.176. The van der Waals surface area contributed by atoms with E-state index in [9.17, 15) is 4.79 Å². The molecule has 0 aromatic heterocycles. The third-order valence-electron chi connectivity index (χ3n) is 5.10. The molecule has 2 saturated carbocycles. The van der Waals surface area contributed by atoms with E-state index in [1.165, 1.54) is 32.1 Å². The van der Waals surface area contributed by atoms with Gasteiger partial charge in [0.25, 0.3) is 5.91 Å². The molecule has 3 heteroatoms. The second-order valence-corrected chi connectivity index (χ2v) is 6.91. The molecule has 0 aromatic rings. The second kappa shape index (κ2) is 7.44. The van der Waals surface area contributed by atoms with Gasteiger partial charge in [-0.1, -0.05) is 39.0 Å². The van der Waals surface area contributed by atoms with E-state index in [1.54, 1.807) is 0 Å². The maximum atomic E-state index is 12.5. The van der Waals surface area contributed by atoms with Gasteiger partial charge in [0, 0.05) is 13.1 Å². The first kappa shape index (κ1) is 15.8. The first-order valence-corrected chi connectivity index (χ1v) is 8.50. The molecule has 3 atom stereocenters. The molecular weight excluding hydrogens is 250 g/mol. The van der Waals surface area contributed by atoms with Crippen LogP contribution in [0.2, 0.25) is 0 Å². The number of rotatable bonds is 4. The lowest BCUT2D eigenvalue weighted by Crippen LogP contribution is -2.45. The molecule has 2 fully saturated rings. The van der Waals surface area contributed by atoms with Crippen molar-refractivity contribution in [2.75, 3.05) is 7.05 Å². The molecule has 2 aliphatic rings. The van der Waals surface area contributed by atoms with Crippen molar-refractivity contribution in [1.29, 1.82) is 0 Å². The third kappa shape index (κ3) is 4.21. The van der Waals surface area contributed by atoms with Crippen LogP contribution in [-0.2, 0) is 9.53 Å². The minimum atomic E-state index is -0.280. The lowest BCUT2D eigenvalue weighted by atomic mass is 9.88. The Morgan fingerprint density at radius 3 is 2.45 bits per heavy atom. The standard InChI is InChI=1S/C17H31NO2/c1-13-8-7-11-16(12-13)20-14(2)17(19)18(3)15-9-5-4-6-10-15/h13-16H,4-12H2,1-3H3/t13-,14+,16-/m1/s1. The van der Waals surface area contributed by atoms with Crippen LogP contribution in [0.15, 0.2) is 0 Å². The van der Waals surface area contributed by atoms with Crippen LogP contribution in [0.1, 0.15) is 71.6 Å². The molecule has 0 N–H and O–H groups in total. The summed E-state index contributed by atoms with van der Waals surface area (Å²) >= 11 is 0. The summed E-state index contributed by atoms with van der Waals surface area (Å²) in [5, 5.41) is 0. The Bertz CT molecular complexity index is 312. The quantitative estimate of drug-likeness (QED) is 0.785. The van der Waals surface area contributed by atoms with Gasteiger partial charge >= 0.3 is 0 Å². The summed E-state index contributed by atoms with van der Waals surface area (Å²) < 4.78 is 6.04. The highest BCUT2D eigenvalue weighted by Crippen LogP contribution is 2.27. The van der Waals surface area contributed by atoms with E-state index in [4.69, 9.17) is 4.74 Å². The second-order valence-electron chi connectivity index (χ2n) is 6.91.